The van der Waals surface area contributed by atoms with Gasteiger partial charge < -0.3 is 5.32 Å². The van der Waals surface area contributed by atoms with Crippen molar-refractivity contribution in [2.75, 3.05) is 13.1 Å². The molecule has 1 aromatic rings. The molecule has 1 nitrogen and oxygen atoms in total. The van der Waals surface area contributed by atoms with Crippen molar-refractivity contribution in [3.8, 4) is 0 Å². The highest BCUT2D eigenvalue weighted by atomic mass is 19.1. The number of rotatable bonds is 6. The summed E-state index contributed by atoms with van der Waals surface area (Å²) in [6.07, 6.45) is 1.95. The second kappa shape index (κ2) is 6.36. The van der Waals surface area contributed by atoms with Gasteiger partial charge >= 0.3 is 0 Å². The summed E-state index contributed by atoms with van der Waals surface area (Å²) in [6, 6.07) is 6.65. The molecule has 1 rings (SSSR count). The topological polar surface area (TPSA) is 12.0 Å². The van der Waals surface area contributed by atoms with Crippen LogP contribution in [0.1, 0.15) is 18.9 Å². The highest BCUT2D eigenvalue weighted by Crippen LogP contribution is 2.02. The molecule has 0 unspecified atom stereocenters. The normalized spacial score (nSPS) is 10.3. The van der Waals surface area contributed by atoms with Crippen molar-refractivity contribution in [3.63, 3.8) is 0 Å². The van der Waals surface area contributed by atoms with Gasteiger partial charge in [0.05, 0.1) is 0 Å². The van der Waals surface area contributed by atoms with E-state index in [0.29, 0.717) is 0 Å². The Hall–Kier alpha value is -1.15. The predicted octanol–water partition coefficient (Wildman–Crippen LogP) is 2.92. The number of halogens is 1. The van der Waals surface area contributed by atoms with Crippen molar-refractivity contribution in [1.82, 2.24) is 5.32 Å². The average Bonchev–Trinajstić information content (AvgIpc) is 2.26. The zero-order valence-electron chi connectivity index (χ0n) is 9.22. The Bertz CT molecular complexity index is 303. The van der Waals surface area contributed by atoms with E-state index in [-0.39, 0.29) is 5.82 Å². The van der Waals surface area contributed by atoms with Gasteiger partial charge in [0.2, 0.25) is 0 Å². The third-order valence-electron chi connectivity index (χ3n) is 2.38. The van der Waals surface area contributed by atoms with Gasteiger partial charge in [0, 0.05) is 6.54 Å². The first-order valence-corrected chi connectivity index (χ1v) is 5.34. The lowest BCUT2D eigenvalue weighted by Crippen LogP contribution is -2.19. The predicted molar refractivity (Wildman–Crippen MR) is 62.4 cm³/mol. The van der Waals surface area contributed by atoms with Crippen LogP contribution in [-0.2, 0) is 6.42 Å². The van der Waals surface area contributed by atoms with Crippen molar-refractivity contribution in [3.05, 3.63) is 47.8 Å². The van der Waals surface area contributed by atoms with E-state index in [2.05, 4.69) is 18.8 Å². The minimum atomic E-state index is -0.175. The molecule has 0 spiro atoms. The van der Waals surface area contributed by atoms with Gasteiger partial charge in [-0.25, -0.2) is 4.39 Å². The van der Waals surface area contributed by atoms with E-state index >= 15 is 0 Å². The van der Waals surface area contributed by atoms with Crippen LogP contribution >= 0.6 is 0 Å². The fourth-order valence-electron chi connectivity index (χ4n) is 1.27. The molecule has 0 radical (unpaired) electrons. The average molecular weight is 207 g/mol. The van der Waals surface area contributed by atoms with Gasteiger partial charge in [-0.2, -0.15) is 0 Å². The van der Waals surface area contributed by atoms with Crippen LogP contribution in [0, 0.1) is 5.82 Å². The van der Waals surface area contributed by atoms with Crippen molar-refractivity contribution >= 4 is 0 Å². The van der Waals surface area contributed by atoms with E-state index in [9.17, 15) is 4.39 Å². The van der Waals surface area contributed by atoms with Crippen molar-refractivity contribution in [2.24, 2.45) is 0 Å². The van der Waals surface area contributed by atoms with Crippen LogP contribution in [0.3, 0.4) is 0 Å². The first kappa shape index (κ1) is 11.9. The first-order valence-electron chi connectivity index (χ1n) is 5.34. The summed E-state index contributed by atoms with van der Waals surface area (Å²) in [6.45, 7) is 7.80. The van der Waals surface area contributed by atoms with E-state index in [1.165, 1.54) is 17.7 Å². The van der Waals surface area contributed by atoms with Gasteiger partial charge in [0.15, 0.2) is 0 Å². The summed E-state index contributed by atoms with van der Waals surface area (Å²) < 4.78 is 12.6. The Balaban J connectivity index is 2.20. The molecule has 0 fully saturated rings. The minimum absolute atomic E-state index is 0.175. The van der Waals surface area contributed by atoms with Gasteiger partial charge in [0.25, 0.3) is 0 Å². The summed E-state index contributed by atoms with van der Waals surface area (Å²) in [5, 5.41) is 3.31. The van der Waals surface area contributed by atoms with E-state index < -0.39 is 0 Å². The van der Waals surface area contributed by atoms with Crippen LogP contribution in [0.25, 0.3) is 0 Å². The lowest BCUT2D eigenvalue weighted by molar-refractivity contribution is 0.626. The fraction of sp³-hybridized carbons (Fsp3) is 0.385. The second-order valence-electron chi connectivity index (χ2n) is 3.66. The molecule has 0 aliphatic heterocycles. The Morgan fingerprint density at radius 3 is 2.60 bits per heavy atom. The van der Waals surface area contributed by atoms with E-state index in [1.54, 1.807) is 0 Å². The molecule has 0 amide bonds. The Morgan fingerprint density at radius 2 is 2.00 bits per heavy atom. The molecule has 1 aromatic carbocycles. The van der Waals surface area contributed by atoms with E-state index in [0.717, 1.165) is 31.5 Å². The molecule has 0 atom stereocenters. The molecular weight excluding hydrogens is 189 g/mol. The smallest absolute Gasteiger partial charge is 0.123 e. The third kappa shape index (κ3) is 4.75. The van der Waals surface area contributed by atoms with Crippen LogP contribution in [0.5, 0.6) is 0 Å². The molecule has 0 saturated heterocycles. The molecule has 0 bridgehead atoms. The van der Waals surface area contributed by atoms with Crippen LogP contribution in [-0.4, -0.2) is 13.1 Å². The number of nitrogens with one attached hydrogen (secondary N) is 1. The van der Waals surface area contributed by atoms with Crippen LogP contribution in [0.2, 0.25) is 0 Å². The van der Waals surface area contributed by atoms with Crippen molar-refractivity contribution in [2.45, 2.75) is 19.8 Å². The lowest BCUT2D eigenvalue weighted by Gasteiger charge is -2.05. The summed E-state index contributed by atoms with van der Waals surface area (Å²) in [5.41, 5.74) is 2.38. The molecule has 0 heterocycles. The van der Waals surface area contributed by atoms with E-state index in [1.807, 2.05) is 12.1 Å². The maximum absolute atomic E-state index is 12.6. The maximum Gasteiger partial charge on any atom is 0.123 e. The lowest BCUT2D eigenvalue weighted by atomic mass is 10.1. The SMILES string of the molecule is C=C(CC)CNCCc1ccc(F)cc1. The van der Waals surface area contributed by atoms with Gasteiger partial charge in [0.1, 0.15) is 5.82 Å². The quantitative estimate of drug-likeness (QED) is 0.558. The Labute approximate surface area is 91.0 Å². The van der Waals surface area contributed by atoms with Gasteiger partial charge in [-0.05, 0) is 37.1 Å². The summed E-state index contributed by atoms with van der Waals surface area (Å²) in [7, 11) is 0. The minimum Gasteiger partial charge on any atom is -0.313 e. The zero-order chi connectivity index (χ0) is 11.1. The monoisotopic (exact) mass is 207 g/mol. The summed E-state index contributed by atoms with van der Waals surface area (Å²) >= 11 is 0. The summed E-state index contributed by atoms with van der Waals surface area (Å²) in [4.78, 5) is 0. The fourth-order valence-corrected chi connectivity index (χ4v) is 1.27. The molecule has 1 N–H and O–H groups in total. The van der Waals surface area contributed by atoms with Crippen molar-refractivity contribution < 1.29 is 4.39 Å². The first-order chi connectivity index (χ1) is 7.22. The molecule has 0 aliphatic rings. The summed E-state index contributed by atoms with van der Waals surface area (Å²) in [5.74, 6) is -0.175. The third-order valence-corrected chi connectivity index (χ3v) is 2.38. The van der Waals surface area contributed by atoms with Crippen LogP contribution < -0.4 is 5.32 Å². The molecule has 15 heavy (non-hydrogen) atoms. The zero-order valence-corrected chi connectivity index (χ0v) is 9.22. The van der Waals surface area contributed by atoms with Gasteiger partial charge in [-0.3, -0.25) is 0 Å². The van der Waals surface area contributed by atoms with Crippen LogP contribution in [0.4, 0.5) is 4.39 Å². The highest BCUT2D eigenvalue weighted by molar-refractivity contribution is 5.16. The number of benzene rings is 1. The van der Waals surface area contributed by atoms with Gasteiger partial charge in [-0.15, -0.1) is 0 Å². The maximum atomic E-state index is 12.6. The Kier molecular flexibility index (Phi) is 5.05. The highest BCUT2D eigenvalue weighted by Gasteiger charge is 1.94. The van der Waals surface area contributed by atoms with Gasteiger partial charge in [-0.1, -0.05) is 31.2 Å². The molecule has 0 aliphatic carbocycles. The molecular formula is C13H18FN. The number of hydrogen-bond acceptors (Lipinski definition) is 1. The Morgan fingerprint density at radius 1 is 1.33 bits per heavy atom. The van der Waals surface area contributed by atoms with E-state index in [4.69, 9.17) is 0 Å². The molecule has 0 saturated carbocycles. The standard InChI is InChI=1S/C13H18FN/c1-3-11(2)10-15-9-8-12-4-6-13(14)7-5-12/h4-7,15H,2-3,8-10H2,1H3. The van der Waals surface area contributed by atoms with Crippen LogP contribution in [0.15, 0.2) is 36.4 Å². The largest absolute Gasteiger partial charge is 0.313 e. The molecule has 0 aromatic heterocycles. The van der Waals surface area contributed by atoms with Crippen molar-refractivity contribution in [1.29, 1.82) is 0 Å². The number of hydrogen-bond donors (Lipinski definition) is 1. The molecule has 82 valence electrons. The molecule has 2 heteroatoms. The second-order valence-corrected chi connectivity index (χ2v) is 3.66.